The van der Waals surface area contributed by atoms with Gasteiger partial charge >= 0.3 is 0 Å². The molecule has 1 aromatic heterocycles. The lowest BCUT2D eigenvalue weighted by atomic mass is 10.2. The molecule has 0 aliphatic heterocycles. The molecule has 27 heavy (non-hydrogen) atoms. The van der Waals surface area contributed by atoms with E-state index >= 15 is 0 Å². The molecule has 7 heteroatoms. The molecule has 3 aromatic rings. The van der Waals surface area contributed by atoms with Crippen LogP contribution in [-0.4, -0.2) is 29.8 Å². The van der Waals surface area contributed by atoms with Crippen molar-refractivity contribution in [3.8, 4) is 17.2 Å². The van der Waals surface area contributed by atoms with Crippen molar-refractivity contribution in [1.82, 2.24) is 9.36 Å². The van der Waals surface area contributed by atoms with Gasteiger partial charge in [-0.3, -0.25) is 9.48 Å². The van der Waals surface area contributed by atoms with Gasteiger partial charge in [-0.1, -0.05) is 18.2 Å². The van der Waals surface area contributed by atoms with Gasteiger partial charge in [0.2, 0.25) is 0 Å². The third kappa shape index (κ3) is 3.55. The lowest BCUT2D eigenvalue weighted by Gasteiger charge is -2.10. The molecule has 0 saturated heterocycles. The summed E-state index contributed by atoms with van der Waals surface area (Å²) >= 11 is 3.46. The second kappa shape index (κ2) is 7.84. The van der Waals surface area contributed by atoms with Crippen LogP contribution in [0.5, 0.6) is 11.5 Å². The van der Waals surface area contributed by atoms with Gasteiger partial charge in [0, 0.05) is 13.3 Å². The molecular weight excluding hydrogens is 410 g/mol. The van der Waals surface area contributed by atoms with E-state index in [1.807, 2.05) is 50.4 Å². The fourth-order valence-electron chi connectivity index (χ4n) is 2.85. The molecule has 6 nitrogen and oxygen atoms in total. The van der Waals surface area contributed by atoms with E-state index in [-0.39, 0.29) is 5.56 Å². The first kappa shape index (κ1) is 19.0. The molecule has 0 amide bonds. The highest BCUT2D eigenvalue weighted by atomic mass is 79.9. The number of rotatable bonds is 5. The monoisotopic (exact) mass is 429 g/mol. The average Bonchev–Trinajstić information content (AvgIpc) is 2.89. The number of halogens is 1. The minimum atomic E-state index is -0.169. The number of hydrogen-bond donors (Lipinski definition) is 0. The normalized spacial score (nSPS) is 11.1. The Morgan fingerprint density at radius 1 is 1.11 bits per heavy atom. The number of methoxy groups -OCH3 is 2. The second-order valence-electron chi connectivity index (χ2n) is 5.91. The van der Waals surface area contributed by atoms with Gasteiger partial charge in [0.1, 0.15) is 0 Å². The van der Waals surface area contributed by atoms with Crippen molar-refractivity contribution in [3.05, 3.63) is 68.5 Å². The van der Waals surface area contributed by atoms with E-state index in [1.165, 1.54) is 0 Å². The lowest BCUT2D eigenvalue weighted by molar-refractivity contribution is 0.353. The van der Waals surface area contributed by atoms with Crippen LogP contribution in [0.25, 0.3) is 5.69 Å². The van der Waals surface area contributed by atoms with Gasteiger partial charge in [-0.15, -0.1) is 0 Å². The maximum Gasteiger partial charge on any atom is 0.297 e. The zero-order valence-corrected chi connectivity index (χ0v) is 17.1. The van der Waals surface area contributed by atoms with E-state index in [2.05, 4.69) is 20.9 Å². The Bertz CT molecular complexity index is 1050. The quantitative estimate of drug-likeness (QED) is 0.575. The molecule has 0 fully saturated rings. The highest BCUT2D eigenvalue weighted by molar-refractivity contribution is 9.10. The zero-order valence-electron chi connectivity index (χ0n) is 15.6. The summed E-state index contributed by atoms with van der Waals surface area (Å²) in [6.07, 6.45) is 1.64. The van der Waals surface area contributed by atoms with Gasteiger partial charge in [0.15, 0.2) is 17.2 Å². The lowest BCUT2D eigenvalue weighted by Crippen LogP contribution is -2.19. The fourth-order valence-corrected chi connectivity index (χ4v) is 3.48. The Balaban J connectivity index is 2.05. The fraction of sp³-hybridized carbons (Fsp3) is 0.200. The standard InChI is InChI=1S/C20H20BrN3O3/c1-13-18(20(25)24(23(13)2)15-8-6-5-7-9-15)22-12-14-10-16(21)19(27-4)17(11-14)26-3/h5-12H,1-4H3. The number of benzene rings is 2. The molecule has 0 aliphatic rings. The molecule has 0 bridgehead atoms. The van der Waals surface area contributed by atoms with Gasteiger partial charge in [-0.2, -0.15) is 0 Å². The summed E-state index contributed by atoms with van der Waals surface area (Å²) in [7, 11) is 5.00. The first-order chi connectivity index (χ1) is 13.0. The number of nitrogens with zero attached hydrogens (tertiary/aromatic N) is 3. The maximum atomic E-state index is 12.9. The summed E-state index contributed by atoms with van der Waals surface area (Å²) in [4.78, 5) is 17.4. The molecule has 2 aromatic carbocycles. The summed E-state index contributed by atoms with van der Waals surface area (Å²) in [5.74, 6) is 1.19. The molecule has 0 spiro atoms. The van der Waals surface area contributed by atoms with Crippen molar-refractivity contribution < 1.29 is 9.47 Å². The highest BCUT2D eigenvalue weighted by Gasteiger charge is 2.15. The molecule has 140 valence electrons. The molecule has 0 unspecified atom stereocenters. The van der Waals surface area contributed by atoms with Crippen LogP contribution in [0.2, 0.25) is 0 Å². The van der Waals surface area contributed by atoms with Crippen LogP contribution in [-0.2, 0) is 7.05 Å². The Morgan fingerprint density at radius 2 is 1.81 bits per heavy atom. The first-order valence-electron chi connectivity index (χ1n) is 8.27. The van der Waals surface area contributed by atoms with Crippen molar-refractivity contribution in [2.24, 2.45) is 12.0 Å². The molecule has 0 N–H and O–H groups in total. The molecule has 0 aliphatic carbocycles. The minimum absolute atomic E-state index is 0.169. The summed E-state index contributed by atoms with van der Waals surface area (Å²) in [6, 6.07) is 13.2. The number of aliphatic imine (C=N–C) groups is 1. The first-order valence-corrected chi connectivity index (χ1v) is 9.06. The summed E-state index contributed by atoms with van der Waals surface area (Å²) in [6.45, 7) is 1.87. The third-order valence-electron chi connectivity index (χ3n) is 4.32. The van der Waals surface area contributed by atoms with Crippen LogP contribution in [0.1, 0.15) is 11.3 Å². The van der Waals surface area contributed by atoms with Gasteiger partial charge in [0.05, 0.1) is 30.1 Å². The average molecular weight is 430 g/mol. The van der Waals surface area contributed by atoms with Gasteiger partial charge in [-0.25, -0.2) is 9.67 Å². The van der Waals surface area contributed by atoms with Crippen LogP contribution in [0.4, 0.5) is 5.69 Å². The topological polar surface area (TPSA) is 57.8 Å². The minimum Gasteiger partial charge on any atom is -0.493 e. The van der Waals surface area contributed by atoms with E-state index in [0.717, 1.165) is 21.4 Å². The number of aromatic nitrogens is 2. The van der Waals surface area contributed by atoms with Gasteiger partial charge < -0.3 is 9.47 Å². The summed E-state index contributed by atoms with van der Waals surface area (Å²) < 4.78 is 14.8. The predicted molar refractivity (Wildman–Crippen MR) is 110 cm³/mol. The van der Waals surface area contributed by atoms with Crippen LogP contribution < -0.4 is 15.0 Å². The van der Waals surface area contributed by atoms with Crippen molar-refractivity contribution in [3.63, 3.8) is 0 Å². The SMILES string of the molecule is COc1cc(C=Nc2c(C)n(C)n(-c3ccccc3)c2=O)cc(Br)c1OC. The van der Waals surface area contributed by atoms with E-state index in [0.29, 0.717) is 17.2 Å². The Labute approximate surface area is 165 Å². The smallest absolute Gasteiger partial charge is 0.297 e. The largest absolute Gasteiger partial charge is 0.493 e. The summed E-state index contributed by atoms with van der Waals surface area (Å²) in [5, 5.41) is 0. The van der Waals surface area contributed by atoms with E-state index in [1.54, 1.807) is 35.9 Å². The molecule has 0 radical (unpaired) electrons. The molecule has 1 heterocycles. The van der Waals surface area contributed by atoms with Crippen LogP contribution >= 0.6 is 15.9 Å². The van der Waals surface area contributed by atoms with E-state index < -0.39 is 0 Å². The van der Waals surface area contributed by atoms with Crippen molar-refractivity contribution in [2.75, 3.05) is 14.2 Å². The van der Waals surface area contributed by atoms with Crippen LogP contribution in [0, 0.1) is 6.92 Å². The molecule has 3 rings (SSSR count). The Kier molecular flexibility index (Phi) is 5.51. The van der Waals surface area contributed by atoms with Crippen LogP contribution in [0.3, 0.4) is 0 Å². The van der Waals surface area contributed by atoms with Gasteiger partial charge in [0.25, 0.3) is 5.56 Å². The van der Waals surface area contributed by atoms with Crippen molar-refractivity contribution in [2.45, 2.75) is 6.92 Å². The highest BCUT2D eigenvalue weighted by Crippen LogP contribution is 2.36. The molecule has 0 atom stereocenters. The van der Waals surface area contributed by atoms with Gasteiger partial charge in [-0.05, 0) is 52.7 Å². The van der Waals surface area contributed by atoms with Crippen LogP contribution in [0.15, 0.2) is 56.7 Å². The second-order valence-corrected chi connectivity index (χ2v) is 6.76. The zero-order chi connectivity index (χ0) is 19.6. The number of ether oxygens (including phenoxy) is 2. The molecular formula is C20H20BrN3O3. The van der Waals surface area contributed by atoms with E-state index in [4.69, 9.17) is 9.47 Å². The number of hydrogen-bond acceptors (Lipinski definition) is 4. The maximum absolute atomic E-state index is 12.9. The number of para-hydroxylation sites is 1. The third-order valence-corrected chi connectivity index (χ3v) is 4.91. The Hall–Kier alpha value is -2.80. The molecule has 0 saturated carbocycles. The Morgan fingerprint density at radius 3 is 2.44 bits per heavy atom. The van der Waals surface area contributed by atoms with E-state index in [9.17, 15) is 4.79 Å². The van der Waals surface area contributed by atoms with Crippen molar-refractivity contribution in [1.29, 1.82) is 0 Å². The van der Waals surface area contributed by atoms with Crippen molar-refractivity contribution >= 4 is 27.8 Å². The summed E-state index contributed by atoms with van der Waals surface area (Å²) in [5.41, 5.74) is 2.58. The predicted octanol–water partition coefficient (Wildman–Crippen LogP) is 4.01.